The zero-order valence-electron chi connectivity index (χ0n) is 11.9. The van der Waals surface area contributed by atoms with E-state index in [2.05, 4.69) is 9.73 Å². The van der Waals surface area contributed by atoms with Crippen molar-refractivity contribution < 1.29 is 13.9 Å². The third-order valence-corrected chi connectivity index (χ3v) is 5.57. The molecule has 2 aromatic rings. The highest BCUT2D eigenvalue weighted by molar-refractivity contribution is 7.11. The van der Waals surface area contributed by atoms with E-state index in [9.17, 15) is 14.0 Å². The van der Waals surface area contributed by atoms with Crippen LogP contribution in [0.15, 0.2) is 21.9 Å². The highest BCUT2D eigenvalue weighted by Gasteiger charge is 2.20. The lowest BCUT2D eigenvalue weighted by molar-refractivity contribution is -0.139. The van der Waals surface area contributed by atoms with Crippen LogP contribution < -0.4 is 9.67 Å². The zero-order valence-corrected chi connectivity index (χ0v) is 14.3. The van der Waals surface area contributed by atoms with E-state index in [1.807, 2.05) is 12.2 Å². The van der Waals surface area contributed by atoms with Crippen molar-refractivity contribution in [1.29, 1.82) is 0 Å². The van der Waals surface area contributed by atoms with Gasteiger partial charge in [0.1, 0.15) is 5.69 Å². The van der Waals surface area contributed by atoms with Crippen molar-refractivity contribution in [2.45, 2.75) is 19.5 Å². The van der Waals surface area contributed by atoms with E-state index < -0.39 is 11.1 Å². The molecule has 0 N–H and O–H groups in total. The van der Waals surface area contributed by atoms with Crippen molar-refractivity contribution in [2.75, 3.05) is 7.11 Å². The number of halogens is 2. The molecule has 1 aliphatic heterocycles. The molecule has 0 atom stereocenters. The zero-order chi connectivity index (χ0) is 16.6. The number of esters is 1. The molecule has 0 radical (unpaired) electrons. The lowest BCUT2D eigenvalue weighted by Crippen LogP contribution is -2.28. The number of hydrogen-bond donors (Lipinski definition) is 0. The summed E-state index contributed by atoms with van der Waals surface area (Å²) in [6.07, 6.45) is 3.66. The van der Waals surface area contributed by atoms with Crippen molar-refractivity contribution in [3.8, 4) is 0 Å². The molecule has 0 unspecified atom stereocenters. The molecule has 0 spiro atoms. The Bertz CT molecular complexity index is 922. The standard InChI is InChI=1S/C13H11ClFN3O3S2/c1-21-8(19)6-7-9(14)10(11(15)22-7)16-12-17-4-2-3-5-18(17)13(20)23-12/h2-3H,4-6H2,1H3. The second kappa shape index (κ2) is 6.42. The first kappa shape index (κ1) is 16.2. The van der Waals surface area contributed by atoms with E-state index in [1.54, 1.807) is 4.68 Å². The van der Waals surface area contributed by atoms with E-state index in [4.69, 9.17) is 11.6 Å². The number of thiophene rings is 1. The molecule has 2 aromatic heterocycles. The number of allylic oxidation sites excluding steroid dienone is 2. The number of carbonyl (C=O) groups is 1. The molecule has 6 nitrogen and oxygen atoms in total. The average molecular weight is 376 g/mol. The van der Waals surface area contributed by atoms with Gasteiger partial charge >= 0.3 is 10.8 Å². The molecule has 0 aromatic carbocycles. The molecule has 0 aliphatic carbocycles. The number of nitrogens with zero attached hydrogens (tertiary/aromatic N) is 3. The molecule has 0 bridgehead atoms. The van der Waals surface area contributed by atoms with Crippen molar-refractivity contribution in [1.82, 2.24) is 9.36 Å². The van der Waals surface area contributed by atoms with Gasteiger partial charge < -0.3 is 4.74 Å². The highest BCUT2D eigenvalue weighted by atomic mass is 35.5. The Morgan fingerprint density at radius 1 is 1.39 bits per heavy atom. The number of hydrogen-bond acceptors (Lipinski definition) is 6. The fourth-order valence-electron chi connectivity index (χ4n) is 2.09. The second-order valence-electron chi connectivity index (χ2n) is 4.61. The van der Waals surface area contributed by atoms with Gasteiger partial charge in [0.25, 0.3) is 0 Å². The van der Waals surface area contributed by atoms with Crippen LogP contribution in [0.5, 0.6) is 0 Å². The largest absolute Gasteiger partial charge is 0.469 e. The molecule has 23 heavy (non-hydrogen) atoms. The summed E-state index contributed by atoms with van der Waals surface area (Å²) in [4.78, 5) is 28.0. The minimum atomic E-state index is -0.597. The van der Waals surface area contributed by atoms with E-state index in [0.717, 1.165) is 22.7 Å². The number of carbonyl (C=O) groups excluding carboxylic acids is 1. The maximum atomic E-state index is 14.1. The minimum absolute atomic E-state index is 0.0535. The predicted molar refractivity (Wildman–Crippen MR) is 85.9 cm³/mol. The van der Waals surface area contributed by atoms with Crippen LogP contribution in [0.2, 0.25) is 5.02 Å². The van der Waals surface area contributed by atoms with Crippen molar-refractivity contribution in [3.05, 3.63) is 41.7 Å². The predicted octanol–water partition coefficient (Wildman–Crippen LogP) is 2.08. The van der Waals surface area contributed by atoms with Crippen LogP contribution in [-0.4, -0.2) is 22.4 Å². The van der Waals surface area contributed by atoms with Gasteiger partial charge in [-0.15, -0.1) is 11.3 Å². The van der Waals surface area contributed by atoms with E-state index in [-0.39, 0.29) is 22.0 Å². The summed E-state index contributed by atoms with van der Waals surface area (Å²) in [5.74, 6) is -0.509. The van der Waals surface area contributed by atoms with Gasteiger partial charge in [-0.05, 0) is 11.3 Å². The first-order valence-corrected chi connectivity index (χ1v) is 8.56. The molecule has 3 rings (SSSR count). The Hall–Kier alpha value is -1.71. The van der Waals surface area contributed by atoms with Gasteiger partial charge in [-0.1, -0.05) is 23.8 Å². The minimum Gasteiger partial charge on any atom is -0.469 e. The van der Waals surface area contributed by atoms with Gasteiger partial charge in [0.15, 0.2) is 0 Å². The van der Waals surface area contributed by atoms with Crippen molar-refractivity contribution in [2.24, 2.45) is 4.99 Å². The number of fused-ring (bicyclic) bond motifs is 1. The molecular weight excluding hydrogens is 365 g/mol. The van der Waals surface area contributed by atoms with Crippen molar-refractivity contribution in [3.63, 3.8) is 0 Å². The van der Waals surface area contributed by atoms with Crippen molar-refractivity contribution >= 4 is 45.9 Å². The first-order chi connectivity index (χ1) is 11.0. The smallest absolute Gasteiger partial charge is 0.325 e. The molecule has 0 saturated heterocycles. The SMILES string of the molecule is COC(=O)Cc1sc(F)c(N=c2sc(=O)n3n2CC=CC3)c1Cl. The van der Waals surface area contributed by atoms with Crippen LogP contribution in [0.4, 0.5) is 10.1 Å². The molecule has 0 saturated carbocycles. The molecular formula is C13H11ClFN3O3S2. The third kappa shape index (κ3) is 3.04. The molecule has 3 heterocycles. The lowest BCUT2D eigenvalue weighted by atomic mass is 10.3. The number of rotatable bonds is 3. The quantitative estimate of drug-likeness (QED) is 0.609. The molecule has 1 aliphatic rings. The van der Waals surface area contributed by atoms with Gasteiger partial charge in [-0.2, -0.15) is 4.39 Å². The Morgan fingerprint density at radius 3 is 2.78 bits per heavy atom. The maximum absolute atomic E-state index is 14.1. The highest BCUT2D eigenvalue weighted by Crippen LogP contribution is 2.38. The van der Waals surface area contributed by atoms with Crippen LogP contribution in [-0.2, 0) is 29.0 Å². The summed E-state index contributed by atoms with van der Waals surface area (Å²) in [6.45, 7) is 0.939. The van der Waals surface area contributed by atoms with Crippen LogP contribution in [0.1, 0.15) is 4.88 Å². The normalized spacial score (nSPS) is 14.1. The van der Waals surface area contributed by atoms with Crippen LogP contribution >= 0.6 is 34.3 Å². The Morgan fingerprint density at radius 2 is 2.09 bits per heavy atom. The number of methoxy groups -OCH3 is 1. The summed E-state index contributed by atoms with van der Waals surface area (Å²) < 4.78 is 21.9. The summed E-state index contributed by atoms with van der Waals surface area (Å²) in [5.41, 5.74) is -0.0535. The number of ether oxygens (including phenoxy) is 1. The van der Waals surface area contributed by atoms with Crippen LogP contribution in [0, 0.1) is 5.13 Å². The van der Waals surface area contributed by atoms with Gasteiger partial charge in [-0.3, -0.25) is 14.3 Å². The Kier molecular flexibility index (Phi) is 4.51. The van der Waals surface area contributed by atoms with E-state index in [1.165, 1.54) is 11.8 Å². The number of aromatic nitrogens is 2. The monoisotopic (exact) mass is 375 g/mol. The summed E-state index contributed by atoms with van der Waals surface area (Å²) >= 11 is 7.81. The second-order valence-corrected chi connectivity index (χ2v) is 6.96. The average Bonchev–Trinajstić information content (AvgIpc) is 3.00. The topological polar surface area (TPSA) is 65.6 Å². The van der Waals surface area contributed by atoms with Crippen LogP contribution in [0.25, 0.3) is 0 Å². The summed E-state index contributed by atoms with van der Waals surface area (Å²) in [5, 5.41) is -0.523. The summed E-state index contributed by atoms with van der Waals surface area (Å²) in [7, 11) is 1.25. The van der Waals surface area contributed by atoms with Gasteiger partial charge in [0.05, 0.1) is 31.6 Å². The molecule has 0 amide bonds. The maximum Gasteiger partial charge on any atom is 0.325 e. The fourth-order valence-corrected chi connectivity index (χ4v) is 4.14. The fraction of sp³-hybridized carbons (Fsp3) is 0.308. The Labute approximate surface area is 142 Å². The van der Waals surface area contributed by atoms with Gasteiger partial charge in [-0.25, -0.2) is 9.67 Å². The molecule has 122 valence electrons. The molecule has 10 heteroatoms. The van der Waals surface area contributed by atoms with E-state index >= 15 is 0 Å². The van der Waals surface area contributed by atoms with Gasteiger partial charge in [0, 0.05) is 4.88 Å². The lowest BCUT2D eigenvalue weighted by Gasteiger charge is -2.10. The first-order valence-electron chi connectivity index (χ1n) is 6.55. The van der Waals surface area contributed by atoms with E-state index in [0.29, 0.717) is 22.8 Å². The summed E-state index contributed by atoms with van der Waals surface area (Å²) in [6, 6.07) is 0. The van der Waals surface area contributed by atoms with Gasteiger partial charge in [0.2, 0.25) is 9.93 Å². The Balaban J connectivity index is 2.08. The van der Waals surface area contributed by atoms with Crippen LogP contribution in [0.3, 0.4) is 0 Å². The molecule has 0 fully saturated rings. The third-order valence-electron chi connectivity index (χ3n) is 3.22.